The fraction of sp³-hybridized carbons (Fsp3) is 0.529. The Balaban J connectivity index is 1.60. The van der Waals surface area contributed by atoms with Gasteiger partial charge in [0, 0.05) is 25.3 Å². The number of ether oxygens (including phenoxy) is 1. The first-order valence-electron chi connectivity index (χ1n) is 8.12. The molecular formula is C17H20N2O3. The highest BCUT2D eigenvalue weighted by Gasteiger charge is 2.24. The lowest BCUT2D eigenvalue weighted by Crippen LogP contribution is -2.35. The van der Waals surface area contributed by atoms with Crippen molar-refractivity contribution in [3.63, 3.8) is 0 Å². The van der Waals surface area contributed by atoms with Crippen LogP contribution in [0.4, 0.5) is 0 Å². The molecule has 2 aliphatic heterocycles. The van der Waals surface area contributed by atoms with E-state index in [9.17, 15) is 4.79 Å². The quantitative estimate of drug-likeness (QED) is 0.854. The van der Waals surface area contributed by atoms with Crippen LogP contribution in [0, 0.1) is 0 Å². The standard InChI is InChI=1S/C17H20N2O3/c20-17(19-8-2-1-3-9-19)12-6-7-13-15(11-12)22-16(18-13)14-5-4-10-21-14/h6-7,11,14H,1-5,8-10H2. The van der Waals surface area contributed by atoms with Crippen molar-refractivity contribution in [3.8, 4) is 0 Å². The molecule has 2 fully saturated rings. The Kier molecular flexibility index (Phi) is 3.58. The molecule has 2 saturated heterocycles. The van der Waals surface area contributed by atoms with Gasteiger partial charge in [0.05, 0.1) is 0 Å². The minimum atomic E-state index is -0.0337. The summed E-state index contributed by atoms with van der Waals surface area (Å²) in [4.78, 5) is 19.0. The third-order valence-electron chi connectivity index (χ3n) is 4.50. The number of rotatable bonds is 2. The highest BCUT2D eigenvalue weighted by atomic mass is 16.5. The molecule has 3 heterocycles. The van der Waals surface area contributed by atoms with Crippen LogP contribution in [0.25, 0.3) is 11.1 Å². The molecule has 0 saturated carbocycles. The van der Waals surface area contributed by atoms with E-state index < -0.39 is 0 Å². The lowest BCUT2D eigenvalue weighted by molar-refractivity contribution is 0.0724. The van der Waals surface area contributed by atoms with Gasteiger partial charge in [0.1, 0.15) is 11.6 Å². The first-order valence-corrected chi connectivity index (χ1v) is 8.12. The lowest BCUT2D eigenvalue weighted by Gasteiger charge is -2.26. The largest absolute Gasteiger partial charge is 0.438 e. The minimum Gasteiger partial charge on any atom is -0.438 e. The second-order valence-electron chi connectivity index (χ2n) is 6.09. The number of likely N-dealkylation sites (tertiary alicyclic amines) is 1. The smallest absolute Gasteiger partial charge is 0.253 e. The summed E-state index contributed by atoms with van der Waals surface area (Å²) in [5.74, 6) is 0.728. The van der Waals surface area contributed by atoms with Gasteiger partial charge in [-0.25, -0.2) is 4.98 Å². The Morgan fingerprint density at radius 3 is 2.82 bits per heavy atom. The average Bonchev–Trinajstić information content (AvgIpc) is 3.23. The SMILES string of the molecule is O=C(c1ccc2nc(C3CCCO3)oc2c1)N1CCCCC1. The molecule has 0 spiro atoms. The number of oxazole rings is 1. The summed E-state index contributed by atoms with van der Waals surface area (Å²) in [6, 6.07) is 5.53. The zero-order valence-corrected chi connectivity index (χ0v) is 12.6. The van der Waals surface area contributed by atoms with Gasteiger partial charge < -0.3 is 14.1 Å². The molecule has 1 aromatic heterocycles. The molecule has 0 N–H and O–H groups in total. The first-order chi connectivity index (χ1) is 10.8. The summed E-state index contributed by atoms with van der Waals surface area (Å²) in [7, 11) is 0. The molecule has 5 heteroatoms. The van der Waals surface area contributed by atoms with Crippen LogP contribution >= 0.6 is 0 Å². The van der Waals surface area contributed by atoms with Gasteiger partial charge in [0.2, 0.25) is 5.89 Å². The van der Waals surface area contributed by atoms with E-state index in [1.54, 1.807) is 0 Å². The number of aromatic nitrogens is 1. The predicted octanol–water partition coefficient (Wildman–Crippen LogP) is 3.31. The maximum atomic E-state index is 12.5. The lowest BCUT2D eigenvalue weighted by atomic mass is 10.1. The Morgan fingerprint density at radius 1 is 1.18 bits per heavy atom. The fourth-order valence-corrected chi connectivity index (χ4v) is 3.27. The molecular weight excluding hydrogens is 280 g/mol. The third-order valence-corrected chi connectivity index (χ3v) is 4.50. The number of carbonyl (C=O) groups is 1. The molecule has 0 radical (unpaired) electrons. The topological polar surface area (TPSA) is 55.6 Å². The van der Waals surface area contributed by atoms with Crippen molar-refractivity contribution in [3.05, 3.63) is 29.7 Å². The molecule has 22 heavy (non-hydrogen) atoms. The van der Waals surface area contributed by atoms with Gasteiger partial charge in [-0.05, 0) is 50.3 Å². The van der Waals surface area contributed by atoms with Crippen molar-refractivity contribution in [2.24, 2.45) is 0 Å². The van der Waals surface area contributed by atoms with E-state index in [0.29, 0.717) is 17.0 Å². The van der Waals surface area contributed by atoms with Crippen molar-refractivity contribution >= 4 is 17.0 Å². The number of carbonyl (C=O) groups excluding carboxylic acids is 1. The van der Waals surface area contributed by atoms with E-state index in [0.717, 1.165) is 50.9 Å². The van der Waals surface area contributed by atoms with Gasteiger partial charge in [0.15, 0.2) is 5.58 Å². The van der Waals surface area contributed by atoms with Crippen molar-refractivity contribution in [1.82, 2.24) is 9.88 Å². The second-order valence-corrected chi connectivity index (χ2v) is 6.09. The van der Waals surface area contributed by atoms with Crippen LogP contribution in [0.3, 0.4) is 0 Å². The Hall–Kier alpha value is -1.88. The summed E-state index contributed by atoms with van der Waals surface area (Å²) < 4.78 is 11.4. The molecule has 2 aromatic rings. The molecule has 5 nitrogen and oxygen atoms in total. The number of nitrogens with zero attached hydrogens (tertiary/aromatic N) is 2. The number of hydrogen-bond donors (Lipinski definition) is 0. The number of amides is 1. The van der Waals surface area contributed by atoms with Crippen molar-refractivity contribution in [2.75, 3.05) is 19.7 Å². The molecule has 0 bridgehead atoms. The molecule has 2 aliphatic rings. The molecule has 1 unspecified atom stereocenters. The highest BCUT2D eigenvalue weighted by Crippen LogP contribution is 2.30. The van der Waals surface area contributed by atoms with Crippen molar-refractivity contribution in [1.29, 1.82) is 0 Å². The molecule has 1 amide bonds. The Labute approximate surface area is 129 Å². The molecule has 116 valence electrons. The molecule has 1 atom stereocenters. The molecule has 0 aliphatic carbocycles. The maximum absolute atomic E-state index is 12.5. The van der Waals surface area contributed by atoms with Crippen LogP contribution in [0.5, 0.6) is 0 Å². The van der Waals surface area contributed by atoms with Crippen molar-refractivity contribution in [2.45, 2.75) is 38.2 Å². The van der Waals surface area contributed by atoms with Gasteiger partial charge >= 0.3 is 0 Å². The third kappa shape index (κ3) is 2.50. The van der Waals surface area contributed by atoms with Gasteiger partial charge in [0.25, 0.3) is 5.91 Å². The summed E-state index contributed by atoms with van der Waals surface area (Å²) in [6.45, 7) is 2.48. The molecule has 4 rings (SSSR count). The average molecular weight is 300 g/mol. The number of fused-ring (bicyclic) bond motifs is 1. The van der Waals surface area contributed by atoms with Crippen molar-refractivity contribution < 1.29 is 13.9 Å². The van der Waals surface area contributed by atoms with Crippen LogP contribution in [-0.4, -0.2) is 35.5 Å². The normalized spacial score (nSPS) is 22.4. The van der Waals surface area contributed by atoms with E-state index >= 15 is 0 Å². The van der Waals surface area contributed by atoms with E-state index in [-0.39, 0.29) is 12.0 Å². The fourth-order valence-electron chi connectivity index (χ4n) is 3.27. The number of benzene rings is 1. The van der Waals surface area contributed by atoms with Crippen LogP contribution < -0.4 is 0 Å². The summed E-state index contributed by atoms with van der Waals surface area (Å²) >= 11 is 0. The summed E-state index contributed by atoms with van der Waals surface area (Å²) in [5, 5.41) is 0. The zero-order chi connectivity index (χ0) is 14.9. The van der Waals surface area contributed by atoms with E-state index in [4.69, 9.17) is 9.15 Å². The van der Waals surface area contributed by atoms with Gasteiger partial charge in [-0.3, -0.25) is 4.79 Å². The Bertz CT molecular complexity index is 682. The van der Waals surface area contributed by atoms with Crippen LogP contribution in [0.1, 0.15) is 54.5 Å². The van der Waals surface area contributed by atoms with Gasteiger partial charge in [-0.2, -0.15) is 0 Å². The minimum absolute atomic E-state index is 0.0337. The second kappa shape index (κ2) is 5.72. The number of piperidine rings is 1. The van der Waals surface area contributed by atoms with Crippen LogP contribution in [-0.2, 0) is 4.74 Å². The van der Waals surface area contributed by atoms with E-state index in [1.165, 1.54) is 6.42 Å². The summed E-state index contributed by atoms with van der Waals surface area (Å²) in [6.07, 6.45) is 5.37. The maximum Gasteiger partial charge on any atom is 0.253 e. The monoisotopic (exact) mass is 300 g/mol. The predicted molar refractivity (Wildman–Crippen MR) is 81.7 cm³/mol. The highest BCUT2D eigenvalue weighted by molar-refractivity contribution is 5.97. The summed E-state index contributed by atoms with van der Waals surface area (Å²) in [5.41, 5.74) is 2.15. The van der Waals surface area contributed by atoms with Gasteiger partial charge in [-0.15, -0.1) is 0 Å². The Morgan fingerprint density at radius 2 is 2.05 bits per heavy atom. The van der Waals surface area contributed by atoms with E-state index in [2.05, 4.69) is 4.98 Å². The van der Waals surface area contributed by atoms with Crippen LogP contribution in [0.15, 0.2) is 22.6 Å². The van der Waals surface area contributed by atoms with Gasteiger partial charge in [-0.1, -0.05) is 0 Å². The zero-order valence-electron chi connectivity index (χ0n) is 12.6. The van der Waals surface area contributed by atoms with Crippen LogP contribution in [0.2, 0.25) is 0 Å². The number of hydrogen-bond acceptors (Lipinski definition) is 4. The molecule has 1 aromatic carbocycles. The first kappa shape index (κ1) is 13.8. The van der Waals surface area contributed by atoms with E-state index in [1.807, 2.05) is 23.1 Å².